The van der Waals surface area contributed by atoms with E-state index in [9.17, 15) is 5.11 Å². The summed E-state index contributed by atoms with van der Waals surface area (Å²) in [4.78, 5) is 0. The molecule has 0 bridgehead atoms. The molecule has 3 nitrogen and oxygen atoms in total. The monoisotopic (exact) mass is 260 g/mol. The van der Waals surface area contributed by atoms with Crippen LogP contribution in [0, 0.1) is 19.8 Å². The topological polar surface area (TPSA) is 42.6 Å². The number of rotatable bonds is 1. The van der Waals surface area contributed by atoms with Crippen LogP contribution in [0.3, 0.4) is 0 Å². The Hall–Kier alpha value is -1.32. The number of aryl methyl sites for hydroxylation is 2. The van der Waals surface area contributed by atoms with E-state index in [1.54, 1.807) is 13.4 Å². The Kier molecular flexibility index (Phi) is 2.91. The Bertz CT molecular complexity index is 626. The van der Waals surface area contributed by atoms with Crippen molar-refractivity contribution < 1.29 is 14.3 Å². The third-order valence-corrected chi connectivity index (χ3v) is 4.36. The van der Waals surface area contributed by atoms with Gasteiger partial charge in [-0.2, -0.15) is 0 Å². The number of hydrogen-bond donors (Lipinski definition) is 1. The maximum absolute atomic E-state index is 10.6. The Morgan fingerprint density at radius 3 is 2.68 bits per heavy atom. The van der Waals surface area contributed by atoms with Crippen LogP contribution in [0.5, 0.6) is 0 Å². The summed E-state index contributed by atoms with van der Waals surface area (Å²) in [6.45, 7) is 6.16. The molecule has 1 aliphatic carbocycles. The molecule has 1 aromatic carbocycles. The first-order chi connectivity index (χ1) is 9.04. The first-order valence-electron chi connectivity index (χ1n) is 6.76. The van der Waals surface area contributed by atoms with Crippen molar-refractivity contribution in [1.82, 2.24) is 0 Å². The summed E-state index contributed by atoms with van der Waals surface area (Å²) in [5.41, 5.74) is 5.22. The summed E-state index contributed by atoms with van der Waals surface area (Å²) in [5.74, 6) is 0.191. The molecular formula is C16H20O3. The van der Waals surface area contributed by atoms with Crippen molar-refractivity contribution in [2.24, 2.45) is 5.92 Å². The second kappa shape index (κ2) is 4.36. The standard InChI is InChI=1S/C16H20O3/c1-8-5-12-14(10(3)7-19-12)15-13(8)11(18-4)6-9(2)16(15)17/h5,7,9,11,16-17H,6H2,1-4H3/t9-,11-,16+/m1/s1. The molecule has 3 atom stereocenters. The number of fused-ring (bicyclic) bond motifs is 3. The fourth-order valence-electron chi connectivity index (χ4n) is 3.35. The molecule has 0 radical (unpaired) electrons. The maximum Gasteiger partial charge on any atom is 0.134 e. The normalized spacial score (nSPS) is 26.7. The van der Waals surface area contributed by atoms with E-state index in [1.165, 1.54) is 0 Å². The van der Waals surface area contributed by atoms with E-state index in [2.05, 4.69) is 19.9 Å². The summed E-state index contributed by atoms with van der Waals surface area (Å²) in [7, 11) is 1.74. The molecule has 0 unspecified atom stereocenters. The van der Waals surface area contributed by atoms with Crippen molar-refractivity contribution in [3.05, 3.63) is 34.6 Å². The molecule has 0 spiro atoms. The average molecular weight is 260 g/mol. The molecule has 0 fully saturated rings. The maximum atomic E-state index is 10.6. The van der Waals surface area contributed by atoms with E-state index >= 15 is 0 Å². The number of benzene rings is 1. The van der Waals surface area contributed by atoms with Gasteiger partial charge >= 0.3 is 0 Å². The van der Waals surface area contributed by atoms with E-state index in [4.69, 9.17) is 9.15 Å². The van der Waals surface area contributed by atoms with Gasteiger partial charge in [0.05, 0.1) is 18.5 Å². The third-order valence-electron chi connectivity index (χ3n) is 4.36. The Morgan fingerprint density at radius 2 is 2.00 bits per heavy atom. The predicted molar refractivity (Wildman–Crippen MR) is 74.2 cm³/mol. The van der Waals surface area contributed by atoms with Crippen molar-refractivity contribution in [2.45, 2.75) is 39.4 Å². The van der Waals surface area contributed by atoms with Gasteiger partial charge in [0.15, 0.2) is 0 Å². The zero-order valence-electron chi connectivity index (χ0n) is 11.9. The third kappa shape index (κ3) is 1.72. The number of hydrogen-bond acceptors (Lipinski definition) is 3. The van der Waals surface area contributed by atoms with Crippen LogP contribution in [0.4, 0.5) is 0 Å². The number of methoxy groups -OCH3 is 1. The van der Waals surface area contributed by atoms with Gasteiger partial charge in [-0.3, -0.25) is 0 Å². The first kappa shape index (κ1) is 12.7. The predicted octanol–water partition coefficient (Wildman–Crippen LogP) is 3.81. The summed E-state index contributed by atoms with van der Waals surface area (Å²) in [6.07, 6.45) is 2.23. The fraction of sp³-hybridized carbons (Fsp3) is 0.500. The molecule has 1 aliphatic rings. The molecule has 3 heteroatoms. The van der Waals surface area contributed by atoms with Gasteiger partial charge in [0.2, 0.25) is 0 Å². The lowest BCUT2D eigenvalue weighted by Crippen LogP contribution is -2.24. The quantitative estimate of drug-likeness (QED) is 0.847. The van der Waals surface area contributed by atoms with Crippen molar-refractivity contribution in [3.8, 4) is 0 Å². The number of aliphatic hydroxyl groups is 1. The van der Waals surface area contributed by atoms with Crippen molar-refractivity contribution in [1.29, 1.82) is 0 Å². The molecule has 0 saturated heterocycles. The first-order valence-corrected chi connectivity index (χ1v) is 6.76. The van der Waals surface area contributed by atoms with Crippen LogP contribution in [0.25, 0.3) is 11.0 Å². The van der Waals surface area contributed by atoms with Crippen LogP contribution in [-0.4, -0.2) is 12.2 Å². The molecule has 0 saturated carbocycles. The number of ether oxygens (including phenoxy) is 1. The van der Waals surface area contributed by atoms with Gasteiger partial charge < -0.3 is 14.3 Å². The van der Waals surface area contributed by atoms with Crippen LogP contribution < -0.4 is 0 Å². The van der Waals surface area contributed by atoms with Crippen LogP contribution >= 0.6 is 0 Å². The van der Waals surface area contributed by atoms with E-state index < -0.39 is 6.10 Å². The highest BCUT2D eigenvalue weighted by Gasteiger charge is 2.35. The lowest BCUT2D eigenvalue weighted by atomic mass is 9.77. The summed E-state index contributed by atoms with van der Waals surface area (Å²) in [6, 6.07) is 2.05. The molecule has 1 N–H and O–H groups in total. The highest BCUT2D eigenvalue weighted by Crippen LogP contribution is 2.47. The highest BCUT2D eigenvalue weighted by molar-refractivity contribution is 5.87. The molecular weight excluding hydrogens is 240 g/mol. The molecule has 2 aromatic rings. The van der Waals surface area contributed by atoms with Gasteiger partial charge in [-0.25, -0.2) is 0 Å². The van der Waals surface area contributed by atoms with Gasteiger partial charge in [-0.1, -0.05) is 6.92 Å². The summed E-state index contributed by atoms with van der Waals surface area (Å²) < 4.78 is 11.2. The van der Waals surface area contributed by atoms with Crippen molar-refractivity contribution >= 4 is 11.0 Å². The van der Waals surface area contributed by atoms with Crippen LogP contribution in [0.1, 0.15) is 47.8 Å². The van der Waals surface area contributed by atoms with Crippen molar-refractivity contribution in [3.63, 3.8) is 0 Å². The zero-order chi connectivity index (χ0) is 13.7. The smallest absolute Gasteiger partial charge is 0.134 e. The van der Waals surface area contributed by atoms with E-state index in [1.807, 2.05) is 6.92 Å². The second-order valence-corrected chi connectivity index (χ2v) is 5.69. The fourth-order valence-corrected chi connectivity index (χ4v) is 3.35. The number of furan rings is 1. The van der Waals surface area contributed by atoms with Crippen LogP contribution in [0.15, 0.2) is 16.7 Å². The molecule has 0 aliphatic heterocycles. The van der Waals surface area contributed by atoms with Gasteiger partial charge in [0.25, 0.3) is 0 Å². The minimum Gasteiger partial charge on any atom is -0.464 e. The minimum atomic E-state index is -0.444. The molecule has 1 aromatic heterocycles. The Balaban J connectivity index is 2.39. The van der Waals surface area contributed by atoms with Gasteiger partial charge in [-0.05, 0) is 54.5 Å². The largest absolute Gasteiger partial charge is 0.464 e. The van der Waals surface area contributed by atoms with Gasteiger partial charge in [0.1, 0.15) is 5.58 Å². The van der Waals surface area contributed by atoms with Gasteiger partial charge in [0, 0.05) is 12.5 Å². The SMILES string of the molecule is CO[C@@H]1C[C@@H](C)[C@H](O)c2c1c(C)cc1occ(C)c21. The summed E-state index contributed by atoms with van der Waals surface area (Å²) in [5, 5.41) is 11.7. The average Bonchev–Trinajstić information content (AvgIpc) is 2.74. The van der Waals surface area contributed by atoms with Crippen molar-refractivity contribution in [2.75, 3.05) is 7.11 Å². The zero-order valence-corrected chi connectivity index (χ0v) is 11.9. The molecule has 3 rings (SSSR count). The van der Waals surface area contributed by atoms with Crippen LogP contribution in [-0.2, 0) is 4.74 Å². The van der Waals surface area contributed by atoms with E-state index in [0.717, 1.165) is 39.6 Å². The second-order valence-electron chi connectivity index (χ2n) is 5.69. The molecule has 19 heavy (non-hydrogen) atoms. The molecule has 102 valence electrons. The van der Waals surface area contributed by atoms with E-state index in [0.29, 0.717) is 0 Å². The Morgan fingerprint density at radius 1 is 1.26 bits per heavy atom. The van der Waals surface area contributed by atoms with E-state index in [-0.39, 0.29) is 12.0 Å². The lowest BCUT2D eigenvalue weighted by molar-refractivity contribution is 0.0219. The number of aliphatic hydroxyl groups excluding tert-OH is 1. The lowest BCUT2D eigenvalue weighted by Gasteiger charge is -2.34. The Labute approximate surface area is 113 Å². The minimum absolute atomic E-state index is 0.0621. The van der Waals surface area contributed by atoms with Crippen LogP contribution in [0.2, 0.25) is 0 Å². The molecule has 0 amide bonds. The van der Waals surface area contributed by atoms with Gasteiger partial charge in [-0.15, -0.1) is 0 Å². The highest BCUT2D eigenvalue weighted by atomic mass is 16.5. The molecule has 1 heterocycles. The summed E-state index contributed by atoms with van der Waals surface area (Å²) >= 11 is 0.